The summed E-state index contributed by atoms with van der Waals surface area (Å²) in [5, 5.41) is 18.6. The molecule has 2 N–H and O–H groups in total. The third-order valence-electron chi connectivity index (χ3n) is 5.14. The van der Waals surface area contributed by atoms with Crippen LogP contribution in [0.3, 0.4) is 0 Å². The third-order valence-corrected chi connectivity index (χ3v) is 5.14. The standard InChI is InChI=1S/C21H24N2O4/c1-13-8-17(12-22-18-6-4-3-5-7-18)14(2)23(13)19-10-15(20(24)25)9-16(11-19)21(26)27/h8-12,18H,3-7H2,1-2H3,(H,24,25)(H,26,27). The number of aryl methyl sites for hydroxylation is 1. The highest BCUT2D eigenvalue weighted by atomic mass is 16.4. The molecule has 0 spiro atoms. The van der Waals surface area contributed by atoms with Crippen molar-refractivity contribution in [1.82, 2.24) is 4.57 Å². The van der Waals surface area contributed by atoms with E-state index in [1.807, 2.05) is 30.7 Å². The second-order valence-electron chi connectivity index (χ2n) is 7.11. The fourth-order valence-electron chi connectivity index (χ4n) is 3.72. The van der Waals surface area contributed by atoms with Crippen LogP contribution in [0.25, 0.3) is 5.69 Å². The average Bonchev–Trinajstić information content (AvgIpc) is 2.93. The fourth-order valence-corrected chi connectivity index (χ4v) is 3.72. The van der Waals surface area contributed by atoms with Crippen molar-refractivity contribution in [2.75, 3.05) is 0 Å². The first-order valence-corrected chi connectivity index (χ1v) is 9.21. The topological polar surface area (TPSA) is 91.9 Å². The number of hydrogen-bond donors (Lipinski definition) is 2. The molecule has 0 saturated heterocycles. The minimum Gasteiger partial charge on any atom is -0.478 e. The summed E-state index contributed by atoms with van der Waals surface area (Å²) in [7, 11) is 0. The van der Waals surface area contributed by atoms with E-state index < -0.39 is 11.9 Å². The molecule has 27 heavy (non-hydrogen) atoms. The van der Waals surface area contributed by atoms with Crippen LogP contribution in [-0.2, 0) is 0 Å². The van der Waals surface area contributed by atoms with E-state index >= 15 is 0 Å². The average molecular weight is 368 g/mol. The normalized spacial score (nSPS) is 15.3. The van der Waals surface area contributed by atoms with Crippen molar-refractivity contribution in [2.45, 2.75) is 52.0 Å². The molecular formula is C21H24N2O4. The van der Waals surface area contributed by atoms with Gasteiger partial charge in [-0.2, -0.15) is 0 Å². The van der Waals surface area contributed by atoms with E-state index in [0.29, 0.717) is 11.7 Å². The van der Waals surface area contributed by atoms with E-state index in [-0.39, 0.29) is 11.1 Å². The van der Waals surface area contributed by atoms with Crippen LogP contribution in [-0.4, -0.2) is 39.0 Å². The van der Waals surface area contributed by atoms with Crippen LogP contribution in [0.15, 0.2) is 29.3 Å². The molecule has 1 aliphatic rings. The number of hydrogen-bond acceptors (Lipinski definition) is 3. The zero-order valence-electron chi connectivity index (χ0n) is 15.6. The first-order chi connectivity index (χ1) is 12.9. The molecule has 0 bridgehead atoms. The van der Waals surface area contributed by atoms with Crippen molar-refractivity contribution >= 4 is 18.2 Å². The molecule has 0 unspecified atom stereocenters. The summed E-state index contributed by atoms with van der Waals surface area (Å²) >= 11 is 0. The lowest BCUT2D eigenvalue weighted by Crippen LogP contribution is -2.10. The molecule has 0 amide bonds. The van der Waals surface area contributed by atoms with Crippen LogP contribution in [0.4, 0.5) is 0 Å². The Hall–Kier alpha value is -2.89. The Morgan fingerprint density at radius 3 is 2.15 bits per heavy atom. The summed E-state index contributed by atoms with van der Waals surface area (Å²) in [5.41, 5.74) is 3.21. The van der Waals surface area contributed by atoms with Gasteiger partial charge in [0, 0.05) is 34.9 Å². The number of carboxylic acids is 2. The number of rotatable bonds is 5. The number of aliphatic imine (C=N–C) groups is 1. The maximum atomic E-state index is 11.4. The maximum Gasteiger partial charge on any atom is 0.335 e. The smallest absolute Gasteiger partial charge is 0.335 e. The summed E-state index contributed by atoms with van der Waals surface area (Å²) < 4.78 is 1.88. The molecule has 1 heterocycles. The zero-order valence-corrected chi connectivity index (χ0v) is 15.6. The molecule has 1 aliphatic carbocycles. The molecule has 3 rings (SSSR count). The van der Waals surface area contributed by atoms with E-state index in [0.717, 1.165) is 29.8 Å². The lowest BCUT2D eigenvalue weighted by Gasteiger charge is -2.17. The monoisotopic (exact) mass is 368 g/mol. The highest BCUT2D eigenvalue weighted by Gasteiger charge is 2.16. The van der Waals surface area contributed by atoms with Crippen molar-refractivity contribution < 1.29 is 19.8 Å². The van der Waals surface area contributed by atoms with Crippen LogP contribution in [0, 0.1) is 13.8 Å². The molecule has 0 radical (unpaired) electrons. The van der Waals surface area contributed by atoms with Gasteiger partial charge in [0.25, 0.3) is 0 Å². The predicted molar refractivity (Wildman–Crippen MR) is 104 cm³/mol. The molecule has 1 fully saturated rings. The van der Waals surface area contributed by atoms with Gasteiger partial charge in [0.15, 0.2) is 0 Å². The number of aromatic nitrogens is 1. The lowest BCUT2D eigenvalue weighted by molar-refractivity contribution is 0.0696. The van der Waals surface area contributed by atoms with Gasteiger partial charge in [0.2, 0.25) is 0 Å². The first-order valence-electron chi connectivity index (χ1n) is 9.21. The Bertz CT molecular complexity index is 873. The Morgan fingerprint density at radius 2 is 1.59 bits per heavy atom. The van der Waals surface area contributed by atoms with Gasteiger partial charge in [-0.25, -0.2) is 9.59 Å². The molecule has 142 valence electrons. The molecule has 1 aromatic carbocycles. The molecule has 1 saturated carbocycles. The minimum absolute atomic E-state index is 0.0465. The highest BCUT2D eigenvalue weighted by molar-refractivity contribution is 5.95. The van der Waals surface area contributed by atoms with Gasteiger partial charge >= 0.3 is 11.9 Å². The summed E-state index contributed by atoms with van der Waals surface area (Å²) in [4.78, 5) is 27.5. The van der Waals surface area contributed by atoms with Gasteiger partial charge in [-0.3, -0.25) is 4.99 Å². The minimum atomic E-state index is -1.15. The molecule has 2 aromatic rings. The van der Waals surface area contributed by atoms with E-state index in [2.05, 4.69) is 0 Å². The first kappa shape index (κ1) is 18.9. The van der Waals surface area contributed by atoms with E-state index in [9.17, 15) is 19.8 Å². The number of nitrogens with zero attached hydrogens (tertiary/aromatic N) is 2. The molecule has 1 aromatic heterocycles. The van der Waals surface area contributed by atoms with Crippen LogP contribution in [0.5, 0.6) is 0 Å². The third kappa shape index (κ3) is 4.10. The van der Waals surface area contributed by atoms with E-state index in [1.54, 1.807) is 0 Å². The molecule has 6 heteroatoms. The number of carbonyl (C=O) groups is 2. The maximum absolute atomic E-state index is 11.4. The Kier molecular flexibility index (Phi) is 5.44. The van der Waals surface area contributed by atoms with Crippen molar-refractivity contribution in [1.29, 1.82) is 0 Å². The van der Waals surface area contributed by atoms with Crippen LogP contribution < -0.4 is 0 Å². The van der Waals surface area contributed by atoms with Crippen LogP contribution >= 0.6 is 0 Å². The van der Waals surface area contributed by atoms with Crippen LogP contribution in [0.2, 0.25) is 0 Å². The van der Waals surface area contributed by atoms with Gasteiger partial charge in [0.05, 0.1) is 11.1 Å². The molecule has 0 aliphatic heterocycles. The SMILES string of the molecule is Cc1cc(C=NC2CCCCC2)c(C)n1-c1cc(C(=O)O)cc(C(=O)O)c1. The van der Waals surface area contributed by atoms with Crippen molar-refractivity contribution in [3.63, 3.8) is 0 Å². The highest BCUT2D eigenvalue weighted by Crippen LogP contribution is 2.24. The number of carboxylic acid groups (broad SMARTS) is 2. The second-order valence-corrected chi connectivity index (χ2v) is 7.11. The van der Waals surface area contributed by atoms with Gasteiger partial charge in [-0.15, -0.1) is 0 Å². The number of aromatic carboxylic acids is 2. The molecule has 6 nitrogen and oxygen atoms in total. The lowest BCUT2D eigenvalue weighted by atomic mass is 9.96. The zero-order chi connectivity index (χ0) is 19.6. The van der Waals surface area contributed by atoms with E-state index in [1.165, 1.54) is 37.5 Å². The Morgan fingerprint density at radius 1 is 1.00 bits per heavy atom. The van der Waals surface area contributed by atoms with Crippen molar-refractivity contribution in [2.24, 2.45) is 4.99 Å². The van der Waals surface area contributed by atoms with Gasteiger partial charge < -0.3 is 14.8 Å². The van der Waals surface area contributed by atoms with E-state index in [4.69, 9.17) is 4.99 Å². The Balaban J connectivity index is 2.00. The summed E-state index contributed by atoms with van der Waals surface area (Å²) in [6.45, 7) is 3.85. The predicted octanol–water partition coefficient (Wildman–Crippen LogP) is 4.24. The van der Waals surface area contributed by atoms with Crippen LogP contribution in [0.1, 0.15) is 69.8 Å². The van der Waals surface area contributed by atoms with Crippen molar-refractivity contribution in [3.05, 3.63) is 52.3 Å². The second kappa shape index (κ2) is 7.78. The Labute approximate surface area is 158 Å². The summed E-state index contributed by atoms with van der Waals surface area (Å²) in [5.74, 6) is -2.30. The summed E-state index contributed by atoms with van der Waals surface area (Å²) in [6, 6.07) is 6.53. The summed E-state index contributed by atoms with van der Waals surface area (Å²) in [6.07, 6.45) is 7.87. The number of benzene rings is 1. The van der Waals surface area contributed by atoms with Gasteiger partial charge in [-0.1, -0.05) is 19.3 Å². The van der Waals surface area contributed by atoms with Gasteiger partial charge in [0.1, 0.15) is 0 Å². The molecule has 0 atom stereocenters. The fraction of sp³-hybridized carbons (Fsp3) is 0.381. The van der Waals surface area contributed by atoms with Crippen molar-refractivity contribution in [3.8, 4) is 5.69 Å². The largest absolute Gasteiger partial charge is 0.478 e. The van der Waals surface area contributed by atoms with Gasteiger partial charge in [-0.05, 0) is 51.0 Å². The molecular weight excluding hydrogens is 344 g/mol. The quantitative estimate of drug-likeness (QED) is 0.772.